The Kier molecular flexibility index (Phi) is 2.93. The molecule has 0 atom stereocenters. The summed E-state index contributed by atoms with van der Waals surface area (Å²) in [7, 11) is 0. The van der Waals surface area contributed by atoms with Crippen molar-refractivity contribution in [3.05, 3.63) is 18.9 Å². The van der Waals surface area contributed by atoms with E-state index in [1.54, 1.807) is 12.5 Å². The van der Waals surface area contributed by atoms with Gasteiger partial charge in [-0.15, -0.1) is 0 Å². The van der Waals surface area contributed by atoms with Gasteiger partial charge in [-0.05, 0) is 0 Å². The van der Waals surface area contributed by atoms with Crippen molar-refractivity contribution in [1.29, 1.82) is 0 Å². The van der Waals surface area contributed by atoms with Crippen molar-refractivity contribution in [3.8, 4) is 0 Å². The third-order valence-corrected chi connectivity index (χ3v) is 1.10. The summed E-state index contributed by atoms with van der Waals surface area (Å²) in [5, 5.41) is 0. The molecule has 0 fully saturated rings. The summed E-state index contributed by atoms with van der Waals surface area (Å²) in [5.74, 6) is 0. The van der Waals surface area contributed by atoms with Gasteiger partial charge in [-0.2, -0.15) is 0 Å². The first-order valence-corrected chi connectivity index (χ1v) is 2.56. The van der Waals surface area contributed by atoms with Crippen LogP contribution in [0.25, 0.3) is 11.2 Å². The Hall–Kier alpha value is 0.186. The van der Waals surface area contributed by atoms with Gasteiger partial charge in [0.2, 0.25) is 0 Å². The Labute approximate surface area is 99.9 Å². The van der Waals surface area contributed by atoms with E-state index < -0.39 is 0 Å². The molecule has 0 bridgehead atoms. The van der Waals surface area contributed by atoms with Crippen molar-refractivity contribution in [2.45, 2.75) is 0 Å². The average molecular weight is 160 g/mol. The average Bonchev–Trinajstić information content (AvgIpc) is 2.33. The van der Waals surface area contributed by atoms with Crippen LogP contribution in [0.2, 0.25) is 0 Å². The van der Waals surface area contributed by atoms with Crippen molar-refractivity contribution < 1.29 is 0 Å². The number of hydrogen-bond acceptors (Lipinski definition) is 3. The molecule has 10 heavy (non-hydrogen) atoms. The monoisotopic (exact) mass is 160 g/mol. The number of nitrogens with one attached hydrogen (secondary N) is 1. The largest absolute Gasteiger partial charge is 0.329 e. The third-order valence-electron chi connectivity index (χ3n) is 1.10. The molecule has 2 aromatic heterocycles. The zero-order chi connectivity index (χ0) is 6.10. The Morgan fingerprint density at radius 1 is 1.30 bits per heavy atom. The number of nitrogens with zero attached hydrogens (tertiary/aromatic N) is 3. The topological polar surface area (TPSA) is 54.5 Å². The summed E-state index contributed by atoms with van der Waals surface area (Å²) in [6.07, 6.45) is 4.75. The molecule has 0 aliphatic rings. The number of H-pyrrole nitrogens is 1. The van der Waals surface area contributed by atoms with E-state index in [1.807, 2.05) is 0 Å². The first-order valence-electron chi connectivity index (χ1n) is 2.56. The van der Waals surface area contributed by atoms with Gasteiger partial charge in [-0.3, -0.25) is 0 Å². The zero-order valence-corrected chi connectivity index (χ0v) is 4.57. The molecule has 46 valence electrons. The summed E-state index contributed by atoms with van der Waals surface area (Å²) in [6.45, 7) is 0. The van der Waals surface area contributed by atoms with Gasteiger partial charge in [-0.25, -0.2) is 15.0 Å². The van der Waals surface area contributed by atoms with Crippen LogP contribution in [0.3, 0.4) is 0 Å². The fourth-order valence-electron chi connectivity index (χ4n) is 0.691. The molecular formula is C5H5KN4. The van der Waals surface area contributed by atoms with Crippen molar-refractivity contribution in [2.75, 3.05) is 0 Å². The quantitative estimate of drug-likeness (QED) is 0.538. The molecule has 0 aromatic carbocycles. The fourth-order valence-corrected chi connectivity index (χ4v) is 0.691. The molecule has 0 aliphatic carbocycles. The van der Waals surface area contributed by atoms with E-state index in [2.05, 4.69) is 19.9 Å². The number of hydrogen-bond donors (Lipinski definition) is 1. The minimum Gasteiger partial charge on any atom is -0.329 e. The summed E-state index contributed by atoms with van der Waals surface area (Å²) < 4.78 is 0. The maximum atomic E-state index is 3.94. The number of imidazole rings is 1. The summed E-state index contributed by atoms with van der Waals surface area (Å²) in [6, 6.07) is 0. The van der Waals surface area contributed by atoms with Crippen molar-refractivity contribution in [2.24, 2.45) is 0 Å². The molecule has 1 N–H and O–H groups in total. The zero-order valence-electron chi connectivity index (χ0n) is 4.57. The van der Waals surface area contributed by atoms with E-state index in [-0.39, 0.29) is 51.4 Å². The van der Waals surface area contributed by atoms with Crippen LogP contribution in [0, 0.1) is 0 Å². The molecule has 0 amide bonds. The van der Waals surface area contributed by atoms with Gasteiger partial charge in [0.15, 0.2) is 5.65 Å². The summed E-state index contributed by atoms with van der Waals surface area (Å²) >= 11 is 0. The molecule has 0 saturated heterocycles. The molecule has 2 rings (SSSR count). The molecule has 0 spiro atoms. The van der Waals surface area contributed by atoms with Crippen molar-refractivity contribution in [1.82, 2.24) is 19.9 Å². The van der Waals surface area contributed by atoms with Gasteiger partial charge in [0.05, 0.1) is 12.5 Å². The maximum Gasteiger partial charge on any atom is 0.160 e. The van der Waals surface area contributed by atoms with Crippen LogP contribution in [-0.2, 0) is 0 Å². The molecule has 0 saturated carbocycles. The Morgan fingerprint density at radius 2 is 2.20 bits per heavy atom. The Balaban J connectivity index is 0.000000500. The normalized spacial score (nSPS) is 9.20. The molecule has 5 heteroatoms. The predicted octanol–water partition coefficient (Wildman–Crippen LogP) is -0.296. The van der Waals surface area contributed by atoms with Crippen LogP contribution >= 0.6 is 0 Å². The van der Waals surface area contributed by atoms with Crippen LogP contribution in [-0.4, -0.2) is 71.3 Å². The first-order chi connectivity index (χ1) is 4.47. The molecular weight excluding hydrogens is 155 g/mol. The van der Waals surface area contributed by atoms with E-state index in [4.69, 9.17) is 0 Å². The number of aromatic amines is 1. The fraction of sp³-hybridized carbons (Fsp3) is 0. The second kappa shape index (κ2) is 3.54. The van der Waals surface area contributed by atoms with E-state index >= 15 is 0 Å². The van der Waals surface area contributed by atoms with E-state index in [0.717, 1.165) is 11.2 Å². The molecule has 0 radical (unpaired) electrons. The Morgan fingerprint density at radius 3 is 3.00 bits per heavy atom. The predicted molar refractivity (Wildman–Crippen MR) is 38.8 cm³/mol. The Bertz CT molecular complexity index is 288. The van der Waals surface area contributed by atoms with Crippen molar-refractivity contribution in [3.63, 3.8) is 0 Å². The number of rotatable bonds is 0. The standard InChI is InChI=1S/C5H4N4.K.H/c1-4-5(8-2-6-1)9-3-7-4;;/h1-3H,(H,6,7,8,9);;. The summed E-state index contributed by atoms with van der Waals surface area (Å²) in [4.78, 5) is 14.5. The minimum atomic E-state index is 0. The van der Waals surface area contributed by atoms with Crippen LogP contribution in [0.15, 0.2) is 18.9 Å². The van der Waals surface area contributed by atoms with Crippen molar-refractivity contribution >= 4 is 62.5 Å². The van der Waals surface area contributed by atoms with E-state index in [9.17, 15) is 0 Å². The molecule has 0 unspecified atom stereocenters. The van der Waals surface area contributed by atoms with Crippen LogP contribution in [0.1, 0.15) is 0 Å². The van der Waals surface area contributed by atoms with Gasteiger partial charge in [0.25, 0.3) is 0 Å². The summed E-state index contributed by atoms with van der Waals surface area (Å²) in [5.41, 5.74) is 1.59. The SMILES string of the molecule is [KH].c1ncc2nc[nH]c2n1. The second-order valence-corrected chi connectivity index (χ2v) is 1.66. The van der Waals surface area contributed by atoms with Gasteiger partial charge in [-0.1, -0.05) is 0 Å². The number of aromatic nitrogens is 4. The smallest absolute Gasteiger partial charge is 0.160 e. The number of fused-ring (bicyclic) bond motifs is 1. The van der Waals surface area contributed by atoms with Gasteiger partial charge in [0.1, 0.15) is 11.8 Å². The third kappa shape index (κ3) is 1.43. The molecule has 2 heterocycles. The van der Waals surface area contributed by atoms with E-state index in [0.29, 0.717) is 0 Å². The second-order valence-electron chi connectivity index (χ2n) is 1.66. The van der Waals surface area contributed by atoms with Gasteiger partial charge in [0, 0.05) is 0 Å². The molecule has 0 aliphatic heterocycles. The van der Waals surface area contributed by atoms with Gasteiger partial charge < -0.3 is 4.98 Å². The maximum absolute atomic E-state index is 3.94. The van der Waals surface area contributed by atoms with Gasteiger partial charge >= 0.3 is 51.4 Å². The molecule has 2 aromatic rings. The van der Waals surface area contributed by atoms with Crippen LogP contribution < -0.4 is 0 Å². The first kappa shape index (κ1) is 8.28. The molecule has 4 nitrogen and oxygen atoms in total. The van der Waals surface area contributed by atoms with Crippen LogP contribution in [0.4, 0.5) is 0 Å². The van der Waals surface area contributed by atoms with E-state index in [1.165, 1.54) is 6.33 Å². The minimum absolute atomic E-state index is 0. The van der Waals surface area contributed by atoms with Crippen LogP contribution in [0.5, 0.6) is 0 Å².